The van der Waals surface area contributed by atoms with Crippen LogP contribution in [0.15, 0.2) is 36.7 Å². The van der Waals surface area contributed by atoms with Crippen molar-refractivity contribution in [3.63, 3.8) is 0 Å². The molecule has 1 N–H and O–H groups in total. The van der Waals surface area contributed by atoms with Crippen LogP contribution in [0.1, 0.15) is 21.6 Å². The molecule has 0 fully saturated rings. The van der Waals surface area contributed by atoms with E-state index in [2.05, 4.69) is 15.3 Å². The van der Waals surface area contributed by atoms with Crippen molar-refractivity contribution in [3.05, 3.63) is 59.4 Å². The van der Waals surface area contributed by atoms with E-state index in [0.717, 1.165) is 11.3 Å². The fourth-order valence-corrected chi connectivity index (χ4v) is 1.52. The molecule has 18 heavy (non-hydrogen) atoms. The van der Waals surface area contributed by atoms with Crippen molar-refractivity contribution in [2.45, 2.75) is 13.5 Å². The normalized spacial score (nSPS) is 10.1. The Hall–Kier alpha value is -2.30. The number of aromatic nitrogens is 2. The largest absolute Gasteiger partial charge is 0.346 e. The summed E-state index contributed by atoms with van der Waals surface area (Å²) in [6.07, 6.45) is 2.95. The zero-order chi connectivity index (χ0) is 13.0. The maximum atomic E-state index is 13.3. The van der Waals surface area contributed by atoms with Crippen molar-refractivity contribution in [2.24, 2.45) is 0 Å². The van der Waals surface area contributed by atoms with Gasteiger partial charge < -0.3 is 5.32 Å². The highest BCUT2D eigenvalue weighted by Gasteiger charge is 2.11. The van der Waals surface area contributed by atoms with Gasteiger partial charge in [-0.15, -0.1) is 0 Å². The highest BCUT2D eigenvalue weighted by molar-refractivity contribution is 5.94. The van der Waals surface area contributed by atoms with Gasteiger partial charge in [-0.3, -0.25) is 9.78 Å². The Bertz CT molecular complexity index is 572. The number of carbonyl (C=O) groups excluding carboxylic acids is 1. The van der Waals surface area contributed by atoms with Crippen LogP contribution in [-0.2, 0) is 6.54 Å². The molecule has 0 bridgehead atoms. The fourth-order valence-electron chi connectivity index (χ4n) is 1.52. The number of hydrogen-bond donors (Lipinski definition) is 1. The first kappa shape index (κ1) is 12.2. The van der Waals surface area contributed by atoms with Gasteiger partial charge in [0.1, 0.15) is 0 Å². The highest BCUT2D eigenvalue weighted by Crippen LogP contribution is 2.05. The SMILES string of the molecule is Cc1cccnc1CNC(=O)c1cccnc1F. The quantitative estimate of drug-likeness (QED) is 0.840. The number of aryl methyl sites for hydroxylation is 1. The molecule has 0 aromatic carbocycles. The van der Waals surface area contributed by atoms with Gasteiger partial charge in [0, 0.05) is 12.4 Å². The van der Waals surface area contributed by atoms with Gasteiger partial charge in [-0.05, 0) is 30.7 Å². The van der Waals surface area contributed by atoms with E-state index < -0.39 is 11.9 Å². The fraction of sp³-hybridized carbons (Fsp3) is 0.154. The molecular formula is C13H12FN3O. The summed E-state index contributed by atoms with van der Waals surface area (Å²) in [5, 5.41) is 2.62. The lowest BCUT2D eigenvalue weighted by Crippen LogP contribution is -2.25. The van der Waals surface area contributed by atoms with Crippen LogP contribution in [0.3, 0.4) is 0 Å². The zero-order valence-electron chi connectivity index (χ0n) is 9.85. The van der Waals surface area contributed by atoms with Gasteiger partial charge in [-0.2, -0.15) is 4.39 Å². The van der Waals surface area contributed by atoms with Gasteiger partial charge in [-0.1, -0.05) is 6.07 Å². The van der Waals surface area contributed by atoms with Crippen LogP contribution in [0.25, 0.3) is 0 Å². The van der Waals surface area contributed by atoms with Crippen LogP contribution in [0.4, 0.5) is 4.39 Å². The van der Waals surface area contributed by atoms with Crippen molar-refractivity contribution in [2.75, 3.05) is 0 Å². The molecule has 0 aliphatic carbocycles. The Morgan fingerprint density at radius 2 is 2.00 bits per heavy atom. The third kappa shape index (κ3) is 2.68. The number of carbonyl (C=O) groups is 1. The molecule has 5 heteroatoms. The molecule has 0 aliphatic rings. The lowest BCUT2D eigenvalue weighted by Gasteiger charge is -2.07. The molecule has 92 valence electrons. The lowest BCUT2D eigenvalue weighted by atomic mass is 10.2. The number of amides is 1. The first-order valence-corrected chi connectivity index (χ1v) is 5.47. The van der Waals surface area contributed by atoms with Gasteiger partial charge in [0.25, 0.3) is 5.91 Å². The van der Waals surface area contributed by atoms with Crippen LogP contribution in [0.2, 0.25) is 0 Å². The third-order valence-corrected chi connectivity index (χ3v) is 2.54. The van der Waals surface area contributed by atoms with Crippen molar-refractivity contribution in [3.8, 4) is 0 Å². The van der Waals surface area contributed by atoms with Crippen molar-refractivity contribution >= 4 is 5.91 Å². The topological polar surface area (TPSA) is 54.9 Å². The predicted octanol–water partition coefficient (Wildman–Crippen LogP) is 1.85. The number of rotatable bonds is 3. The Labute approximate surface area is 104 Å². The molecule has 0 atom stereocenters. The zero-order valence-corrected chi connectivity index (χ0v) is 9.85. The second-order valence-electron chi connectivity index (χ2n) is 3.79. The standard InChI is InChI=1S/C13H12FN3O/c1-9-4-2-6-15-11(9)8-17-13(18)10-5-3-7-16-12(10)14/h2-7H,8H2,1H3,(H,17,18). The molecule has 0 aliphatic heterocycles. The maximum absolute atomic E-state index is 13.3. The number of nitrogens with one attached hydrogen (secondary N) is 1. The molecule has 0 radical (unpaired) electrons. The minimum absolute atomic E-state index is 0.0638. The smallest absolute Gasteiger partial charge is 0.256 e. The molecular weight excluding hydrogens is 233 g/mol. The minimum atomic E-state index is -0.771. The summed E-state index contributed by atoms with van der Waals surface area (Å²) in [5.74, 6) is -1.27. The molecule has 2 heterocycles. The molecule has 2 aromatic heterocycles. The van der Waals surface area contributed by atoms with Gasteiger partial charge in [-0.25, -0.2) is 4.98 Å². The van der Waals surface area contributed by atoms with E-state index in [1.807, 2.05) is 19.1 Å². The number of pyridine rings is 2. The van der Waals surface area contributed by atoms with Gasteiger partial charge >= 0.3 is 0 Å². The summed E-state index contributed by atoms with van der Waals surface area (Å²) >= 11 is 0. The Kier molecular flexibility index (Phi) is 3.62. The van der Waals surface area contributed by atoms with E-state index in [9.17, 15) is 9.18 Å². The number of halogens is 1. The third-order valence-electron chi connectivity index (χ3n) is 2.54. The van der Waals surface area contributed by atoms with Crippen LogP contribution in [0.5, 0.6) is 0 Å². The van der Waals surface area contributed by atoms with Crippen molar-refractivity contribution < 1.29 is 9.18 Å². The molecule has 2 aromatic rings. The summed E-state index contributed by atoms with van der Waals surface area (Å²) in [5.41, 5.74) is 1.67. The van der Waals surface area contributed by atoms with Crippen LogP contribution < -0.4 is 5.32 Å². The maximum Gasteiger partial charge on any atom is 0.256 e. The van der Waals surface area contributed by atoms with Crippen LogP contribution >= 0.6 is 0 Å². The van der Waals surface area contributed by atoms with E-state index >= 15 is 0 Å². The van der Waals surface area contributed by atoms with Crippen molar-refractivity contribution in [1.29, 1.82) is 0 Å². The van der Waals surface area contributed by atoms with E-state index in [0.29, 0.717) is 0 Å². The molecule has 1 amide bonds. The predicted molar refractivity (Wildman–Crippen MR) is 64.3 cm³/mol. The molecule has 0 saturated heterocycles. The average molecular weight is 245 g/mol. The number of nitrogens with zero attached hydrogens (tertiary/aromatic N) is 2. The second-order valence-corrected chi connectivity index (χ2v) is 3.79. The summed E-state index contributed by atoms with van der Waals surface area (Å²) in [4.78, 5) is 19.3. The van der Waals surface area contributed by atoms with E-state index in [4.69, 9.17) is 0 Å². The Morgan fingerprint density at radius 3 is 2.72 bits per heavy atom. The Morgan fingerprint density at radius 1 is 1.28 bits per heavy atom. The summed E-state index contributed by atoms with van der Waals surface area (Å²) < 4.78 is 13.3. The molecule has 4 nitrogen and oxygen atoms in total. The van der Waals surface area contributed by atoms with Crippen molar-refractivity contribution in [1.82, 2.24) is 15.3 Å². The summed E-state index contributed by atoms with van der Waals surface area (Å²) in [6, 6.07) is 6.63. The summed E-state index contributed by atoms with van der Waals surface area (Å²) in [7, 11) is 0. The minimum Gasteiger partial charge on any atom is -0.346 e. The molecule has 0 unspecified atom stereocenters. The Balaban J connectivity index is 2.06. The van der Waals surface area contributed by atoms with E-state index in [1.54, 1.807) is 6.20 Å². The van der Waals surface area contributed by atoms with Gasteiger partial charge in [0.05, 0.1) is 17.8 Å². The van der Waals surface area contributed by atoms with Crippen LogP contribution in [0, 0.1) is 12.9 Å². The van der Waals surface area contributed by atoms with Gasteiger partial charge in [0.15, 0.2) is 0 Å². The first-order chi connectivity index (χ1) is 8.68. The molecule has 2 rings (SSSR count). The molecule has 0 spiro atoms. The highest BCUT2D eigenvalue weighted by atomic mass is 19.1. The van der Waals surface area contributed by atoms with Crippen LogP contribution in [-0.4, -0.2) is 15.9 Å². The molecule has 0 saturated carbocycles. The second kappa shape index (κ2) is 5.35. The van der Waals surface area contributed by atoms with E-state index in [1.165, 1.54) is 18.3 Å². The monoisotopic (exact) mass is 245 g/mol. The summed E-state index contributed by atoms with van der Waals surface area (Å²) in [6.45, 7) is 2.17. The number of hydrogen-bond acceptors (Lipinski definition) is 3. The van der Waals surface area contributed by atoms with E-state index in [-0.39, 0.29) is 12.1 Å². The first-order valence-electron chi connectivity index (χ1n) is 5.47. The lowest BCUT2D eigenvalue weighted by molar-refractivity contribution is 0.0945. The average Bonchev–Trinajstić information content (AvgIpc) is 2.38. The van der Waals surface area contributed by atoms with Gasteiger partial charge in [0.2, 0.25) is 5.95 Å².